The molecule has 4 aromatic rings. The zero-order chi connectivity index (χ0) is 50.0. The van der Waals surface area contributed by atoms with Crippen LogP contribution in [0.4, 0.5) is 0 Å². The molecule has 0 bridgehead atoms. The lowest BCUT2D eigenvalue weighted by molar-refractivity contribution is -0.107. The predicted molar refractivity (Wildman–Crippen MR) is 265 cm³/mol. The Bertz CT molecular complexity index is 1910. The lowest BCUT2D eigenvalue weighted by Gasteiger charge is -2.32. The van der Waals surface area contributed by atoms with Crippen molar-refractivity contribution in [3.05, 3.63) is 74.6 Å². The number of hydrogen-bond donors (Lipinski definition) is 2. The van der Waals surface area contributed by atoms with Crippen molar-refractivity contribution in [3.8, 4) is 12.0 Å². The van der Waals surface area contributed by atoms with Crippen LogP contribution in [-0.4, -0.2) is 120 Å². The van der Waals surface area contributed by atoms with Crippen molar-refractivity contribution in [1.82, 2.24) is 39.9 Å². The zero-order valence-corrected chi connectivity index (χ0v) is 46.5. The van der Waals surface area contributed by atoms with Gasteiger partial charge in [0, 0.05) is 55.0 Å². The SMILES string of the molecule is Brc1cncnc1.CC(C)(O)C(C)(C)O.COc1ncc(B2OC(C)(C)C(C)(C)O2)cn1.COc1ncc(Br)cn1.Clc1ncc(Br)cn1.O=P(Cl)(Cl)Cl.[B]B1OC(C)(C)C(C)(C)O1. The molecule has 64 heavy (non-hydrogen) atoms. The molecule has 0 aromatic carbocycles. The molecule has 6 rings (SSSR count). The number of aliphatic hydroxyl groups is 2. The molecule has 354 valence electrons. The Morgan fingerprint density at radius 2 is 0.891 bits per heavy atom. The van der Waals surface area contributed by atoms with E-state index in [2.05, 4.69) is 121 Å². The van der Waals surface area contributed by atoms with Crippen LogP contribution in [0.15, 0.2) is 69.3 Å². The van der Waals surface area contributed by atoms with E-state index in [9.17, 15) is 4.57 Å². The first-order valence-corrected chi connectivity index (χ1v) is 25.7. The van der Waals surface area contributed by atoms with Gasteiger partial charge in [-0.1, -0.05) is 0 Å². The summed E-state index contributed by atoms with van der Waals surface area (Å²) < 4.78 is 44.1. The lowest BCUT2D eigenvalue weighted by Crippen LogP contribution is -2.44. The highest BCUT2D eigenvalue weighted by molar-refractivity contribution is 9.11. The van der Waals surface area contributed by atoms with Crippen LogP contribution in [0.2, 0.25) is 5.28 Å². The van der Waals surface area contributed by atoms with Crippen LogP contribution in [0.25, 0.3) is 0 Å². The van der Waals surface area contributed by atoms with E-state index in [4.69, 9.17) is 57.6 Å². The van der Waals surface area contributed by atoms with Crippen LogP contribution in [0.3, 0.4) is 0 Å². The molecule has 17 nitrogen and oxygen atoms in total. The fourth-order valence-corrected chi connectivity index (χ4v) is 4.15. The third-order valence-electron chi connectivity index (χ3n) is 9.02. The molecular weight excluding hydrogens is 1130 g/mol. The number of ether oxygens (including phenoxy) is 2. The molecule has 6 heterocycles. The first kappa shape index (κ1) is 62.7. The maximum absolute atomic E-state index is 9.51. The molecule has 0 spiro atoms. The van der Waals surface area contributed by atoms with Crippen LogP contribution in [-0.2, 0) is 23.2 Å². The summed E-state index contributed by atoms with van der Waals surface area (Å²) in [6.45, 7) is 22.2. The molecule has 2 aliphatic rings. The standard InChI is InChI=1S/C11H17BN2O3.C6H12B2O2.C6H14O2.C5H5BrN2O.C4H2BrClN2.C4H3BrN2.Cl3OP/c1-10(2)11(3,4)17-12(16-10)8-6-13-9(15-5)14-7-8;1-5(2)6(3,4)10-8(7)9-5;1-5(2,7)6(3,4)8;1-9-5-7-2-4(6)3-8-5;5-3-1-7-4(6)8-2-3;5-4-1-6-3-7-2-4;1-5(2,3)4/h6-7H,1-5H3;1-4H3;7-8H,1-4H3;2-3H,1H3;1-2H;1-3H;. The van der Waals surface area contributed by atoms with E-state index in [0.717, 1.165) is 18.9 Å². The van der Waals surface area contributed by atoms with Gasteiger partial charge in [0.15, 0.2) is 0 Å². The van der Waals surface area contributed by atoms with Gasteiger partial charge in [-0.2, -0.15) is 0 Å². The monoisotopic (exact) mass is 1180 g/mol. The van der Waals surface area contributed by atoms with Gasteiger partial charge >= 0.3 is 31.3 Å². The molecule has 2 N–H and O–H groups in total. The minimum absolute atomic E-state index is 0.271. The van der Waals surface area contributed by atoms with E-state index in [1.165, 1.54) is 20.5 Å². The van der Waals surface area contributed by atoms with E-state index in [1.807, 2.05) is 55.4 Å². The summed E-state index contributed by atoms with van der Waals surface area (Å²) in [6.07, 6.45) is 14.6. The van der Waals surface area contributed by atoms with E-state index < -0.39 is 30.5 Å². The van der Waals surface area contributed by atoms with Crippen LogP contribution >= 0.6 is 98.3 Å². The first-order chi connectivity index (χ1) is 29.0. The third kappa shape index (κ3) is 25.7. The Kier molecular flexibility index (Phi) is 27.1. The summed E-state index contributed by atoms with van der Waals surface area (Å²) in [5.74, 6) is 0. The highest BCUT2D eigenvalue weighted by Gasteiger charge is 2.52. The van der Waals surface area contributed by atoms with Gasteiger partial charge in [0.25, 0.3) is 0 Å². The minimum atomic E-state index is -3.22. The van der Waals surface area contributed by atoms with Gasteiger partial charge < -0.3 is 38.3 Å². The van der Waals surface area contributed by atoms with E-state index in [1.54, 1.807) is 77.3 Å². The molecule has 2 saturated heterocycles. The second-order valence-electron chi connectivity index (χ2n) is 15.8. The molecule has 0 atom stereocenters. The normalized spacial score (nSPS) is 16.4. The van der Waals surface area contributed by atoms with Crippen molar-refractivity contribution in [2.75, 3.05) is 14.2 Å². The van der Waals surface area contributed by atoms with E-state index in [-0.39, 0.29) is 27.7 Å². The molecule has 2 radical (unpaired) electrons. The molecule has 2 aliphatic heterocycles. The van der Waals surface area contributed by atoms with Gasteiger partial charge in [-0.15, -0.1) is 0 Å². The fraction of sp³-hybridized carbons (Fsp3) is 0.556. The van der Waals surface area contributed by atoms with E-state index in [0.29, 0.717) is 12.0 Å². The topological polar surface area (TPSA) is 216 Å². The number of rotatable bonds is 4. The molecule has 0 aliphatic carbocycles. The summed E-state index contributed by atoms with van der Waals surface area (Å²) in [5, 5.41) is 15.3. The summed E-state index contributed by atoms with van der Waals surface area (Å²) >= 11 is 28.8. The molecule has 28 heteroatoms. The number of aromatic nitrogens is 8. The first-order valence-electron chi connectivity index (χ1n) is 18.5. The Morgan fingerprint density at radius 1 is 0.609 bits per heavy atom. The molecule has 0 unspecified atom stereocenters. The summed E-state index contributed by atoms with van der Waals surface area (Å²) in [4.78, 5) is 30.5. The molecule has 0 saturated carbocycles. The van der Waals surface area contributed by atoms with Crippen molar-refractivity contribution in [2.45, 2.75) is 117 Å². The zero-order valence-electron chi connectivity index (χ0n) is 37.9. The van der Waals surface area contributed by atoms with Crippen molar-refractivity contribution in [3.63, 3.8) is 0 Å². The smallest absolute Gasteiger partial charge is 0.467 e. The van der Waals surface area contributed by atoms with Crippen LogP contribution in [0.5, 0.6) is 12.0 Å². The van der Waals surface area contributed by atoms with Gasteiger partial charge in [-0.3, -0.25) is 4.57 Å². The lowest BCUT2D eigenvalue weighted by atomic mass is 9.63. The van der Waals surface area contributed by atoms with Crippen LogP contribution < -0.4 is 14.9 Å². The van der Waals surface area contributed by atoms with Gasteiger partial charge in [-0.05, 0) is 176 Å². The molecule has 4 aromatic heterocycles. The van der Waals surface area contributed by atoms with Crippen molar-refractivity contribution < 1.29 is 42.9 Å². The summed E-state index contributed by atoms with van der Waals surface area (Å²) in [5.41, 5.74) is -2.49. The average Bonchev–Trinajstić information content (AvgIpc) is 3.50. The number of nitrogens with zero attached hydrogens (tertiary/aromatic N) is 8. The Morgan fingerprint density at radius 3 is 1.12 bits per heavy atom. The number of halogens is 7. The summed E-state index contributed by atoms with van der Waals surface area (Å²) in [6, 6.07) is 0.725. The maximum Gasteiger partial charge on any atom is 0.498 e. The van der Waals surface area contributed by atoms with Crippen molar-refractivity contribution in [1.29, 1.82) is 0 Å². The number of hydrogen-bond acceptors (Lipinski definition) is 17. The quantitative estimate of drug-likeness (QED) is 0.111. The predicted octanol–water partition coefficient (Wildman–Crippen LogP) is 9.25. The molecular formula is C36H53B3Br3Cl4N8O9P. The number of methoxy groups -OCH3 is 2. The molecule has 2 fully saturated rings. The van der Waals surface area contributed by atoms with Gasteiger partial charge in [0.2, 0.25) is 5.28 Å². The Labute approximate surface area is 422 Å². The highest BCUT2D eigenvalue weighted by Crippen LogP contribution is 2.61. The maximum atomic E-state index is 9.51. The van der Waals surface area contributed by atoms with E-state index >= 15 is 0 Å². The highest BCUT2D eigenvalue weighted by atomic mass is 79.9. The fourth-order valence-electron chi connectivity index (χ4n) is 3.40. The Balaban J connectivity index is 0.000000750. The largest absolute Gasteiger partial charge is 0.498 e. The second-order valence-corrected chi connectivity index (χ2v) is 25.6. The van der Waals surface area contributed by atoms with Crippen LogP contribution in [0, 0.1) is 0 Å². The Hall–Kier alpha value is -1.30. The van der Waals surface area contributed by atoms with Gasteiger partial charge in [0.05, 0.1) is 61.2 Å². The van der Waals surface area contributed by atoms with Gasteiger partial charge in [0.1, 0.15) is 14.1 Å². The van der Waals surface area contributed by atoms with Gasteiger partial charge in [-0.25, -0.2) is 39.9 Å². The summed E-state index contributed by atoms with van der Waals surface area (Å²) in [7, 11) is 7.51. The second kappa shape index (κ2) is 27.6. The van der Waals surface area contributed by atoms with Crippen LogP contribution in [0.1, 0.15) is 83.1 Å². The average molecular weight is 1190 g/mol. The van der Waals surface area contributed by atoms with Crippen molar-refractivity contribution >= 4 is 126 Å². The minimum Gasteiger partial charge on any atom is -0.467 e. The van der Waals surface area contributed by atoms with Crippen molar-refractivity contribution in [2.24, 2.45) is 0 Å². The molecule has 0 amide bonds. The third-order valence-corrected chi connectivity index (χ3v) is 10.4.